The first-order valence-corrected chi connectivity index (χ1v) is 9.21. The number of hydrogen-bond donors (Lipinski definition) is 1. The van der Waals surface area contributed by atoms with Crippen molar-refractivity contribution < 1.29 is 8.42 Å². The zero-order valence-corrected chi connectivity index (χ0v) is 14.4. The Morgan fingerprint density at radius 2 is 2.20 bits per heavy atom. The SMILES string of the molecule is CCc1cccnc1CNS(=O)(=O)c1cc(C)c(Br)s1. The van der Waals surface area contributed by atoms with E-state index in [4.69, 9.17) is 0 Å². The molecule has 2 rings (SSSR count). The lowest BCUT2D eigenvalue weighted by Crippen LogP contribution is -2.23. The summed E-state index contributed by atoms with van der Waals surface area (Å²) in [6.07, 6.45) is 2.50. The molecule has 7 heteroatoms. The summed E-state index contributed by atoms with van der Waals surface area (Å²) < 4.78 is 28.2. The fraction of sp³-hybridized carbons (Fsp3) is 0.308. The zero-order valence-electron chi connectivity index (χ0n) is 11.2. The summed E-state index contributed by atoms with van der Waals surface area (Å²) in [5.74, 6) is 0. The largest absolute Gasteiger partial charge is 0.260 e. The zero-order chi connectivity index (χ0) is 14.8. The molecule has 0 saturated heterocycles. The van der Waals surface area contributed by atoms with Crippen LogP contribution in [0.25, 0.3) is 0 Å². The number of pyridine rings is 1. The van der Waals surface area contributed by atoms with Crippen LogP contribution in [0.15, 0.2) is 32.4 Å². The van der Waals surface area contributed by atoms with Gasteiger partial charge in [-0.15, -0.1) is 11.3 Å². The van der Waals surface area contributed by atoms with Gasteiger partial charge in [-0.25, -0.2) is 13.1 Å². The fourth-order valence-electron chi connectivity index (χ4n) is 1.75. The van der Waals surface area contributed by atoms with Gasteiger partial charge >= 0.3 is 0 Å². The lowest BCUT2D eigenvalue weighted by atomic mass is 10.1. The Balaban J connectivity index is 2.17. The number of aryl methyl sites for hydroxylation is 2. The highest BCUT2D eigenvalue weighted by atomic mass is 79.9. The van der Waals surface area contributed by atoms with Gasteiger partial charge in [0.25, 0.3) is 0 Å². The van der Waals surface area contributed by atoms with E-state index in [0.717, 1.165) is 27.0 Å². The van der Waals surface area contributed by atoms with Crippen LogP contribution >= 0.6 is 27.3 Å². The van der Waals surface area contributed by atoms with E-state index < -0.39 is 10.0 Å². The van der Waals surface area contributed by atoms with Crippen molar-refractivity contribution in [1.82, 2.24) is 9.71 Å². The quantitative estimate of drug-likeness (QED) is 0.873. The van der Waals surface area contributed by atoms with Gasteiger partial charge in [-0.1, -0.05) is 13.0 Å². The lowest BCUT2D eigenvalue weighted by Gasteiger charge is -2.07. The predicted molar refractivity (Wildman–Crippen MR) is 84.4 cm³/mol. The molecule has 1 N–H and O–H groups in total. The second-order valence-electron chi connectivity index (χ2n) is 4.31. The van der Waals surface area contributed by atoms with Gasteiger partial charge in [0.05, 0.1) is 16.0 Å². The molecule has 0 aliphatic rings. The number of rotatable bonds is 5. The van der Waals surface area contributed by atoms with Crippen molar-refractivity contribution in [3.63, 3.8) is 0 Å². The summed E-state index contributed by atoms with van der Waals surface area (Å²) in [6, 6.07) is 5.48. The number of halogens is 1. The molecule has 2 aromatic rings. The monoisotopic (exact) mass is 374 g/mol. The van der Waals surface area contributed by atoms with E-state index in [1.54, 1.807) is 12.3 Å². The number of nitrogens with one attached hydrogen (secondary N) is 1. The maximum atomic E-state index is 12.2. The Bertz CT molecular complexity index is 691. The van der Waals surface area contributed by atoms with Crippen LogP contribution in [0.3, 0.4) is 0 Å². The first kappa shape index (κ1) is 15.6. The molecule has 0 amide bonds. The van der Waals surface area contributed by atoms with Crippen LogP contribution in [0.1, 0.15) is 23.7 Å². The molecule has 0 spiro atoms. The first-order valence-electron chi connectivity index (χ1n) is 6.12. The van der Waals surface area contributed by atoms with Crippen LogP contribution < -0.4 is 4.72 Å². The van der Waals surface area contributed by atoms with E-state index in [0.29, 0.717) is 4.21 Å². The maximum absolute atomic E-state index is 12.2. The number of sulfonamides is 1. The van der Waals surface area contributed by atoms with Crippen molar-refractivity contribution in [2.24, 2.45) is 0 Å². The molecule has 0 aliphatic carbocycles. The van der Waals surface area contributed by atoms with Crippen LogP contribution in [0.4, 0.5) is 0 Å². The number of thiophene rings is 1. The summed E-state index contributed by atoms with van der Waals surface area (Å²) in [6.45, 7) is 4.10. The molecule has 4 nitrogen and oxygen atoms in total. The summed E-state index contributed by atoms with van der Waals surface area (Å²) in [7, 11) is -3.49. The molecular formula is C13H15BrN2O2S2. The smallest absolute Gasteiger partial charge is 0.250 e. The lowest BCUT2D eigenvalue weighted by molar-refractivity contribution is 0.582. The maximum Gasteiger partial charge on any atom is 0.250 e. The number of hydrogen-bond acceptors (Lipinski definition) is 4. The summed E-state index contributed by atoms with van der Waals surface area (Å²) >= 11 is 4.55. The molecular weight excluding hydrogens is 360 g/mol. The summed E-state index contributed by atoms with van der Waals surface area (Å²) in [4.78, 5) is 4.24. The van der Waals surface area contributed by atoms with Crippen molar-refractivity contribution in [2.75, 3.05) is 0 Å². The minimum Gasteiger partial charge on any atom is -0.260 e. The Morgan fingerprint density at radius 3 is 2.80 bits per heavy atom. The van der Waals surface area contributed by atoms with Gasteiger partial charge in [0.2, 0.25) is 10.0 Å². The van der Waals surface area contributed by atoms with E-state index in [2.05, 4.69) is 25.6 Å². The summed E-state index contributed by atoms with van der Waals surface area (Å²) in [5.41, 5.74) is 2.74. The van der Waals surface area contributed by atoms with E-state index in [9.17, 15) is 8.42 Å². The Morgan fingerprint density at radius 1 is 1.45 bits per heavy atom. The van der Waals surface area contributed by atoms with Gasteiger partial charge in [0.15, 0.2) is 0 Å². The van der Waals surface area contributed by atoms with Crippen molar-refractivity contribution in [3.05, 3.63) is 45.0 Å². The average Bonchev–Trinajstić information content (AvgIpc) is 2.78. The minimum absolute atomic E-state index is 0.209. The third kappa shape index (κ3) is 3.46. The molecule has 20 heavy (non-hydrogen) atoms. The topological polar surface area (TPSA) is 59.1 Å². The van der Waals surface area contributed by atoms with Crippen molar-refractivity contribution in [1.29, 1.82) is 0 Å². The third-order valence-electron chi connectivity index (χ3n) is 2.89. The summed E-state index contributed by atoms with van der Waals surface area (Å²) in [5, 5.41) is 0. The van der Waals surface area contributed by atoms with Gasteiger partial charge < -0.3 is 0 Å². The molecule has 0 aromatic carbocycles. The van der Waals surface area contributed by atoms with Crippen molar-refractivity contribution >= 4 is 37.3 Å². The standard InChI is InChI=1S/C13H15BrN2O2S2/c1-3-10-5-4-6-15-11(10)8-16-20(17,18)12-7-9(2)13(14)19-12/h4-7,16H,3,8H2,1-2H3. The highest BCUT2D eigenvalue weighted by Gasteiger charge is 2.18. The molecule has 0 radical (unpaired) electrons. The molecule has 2 heterocycles. The van der Waals surface area contributed by atoms with Gasteiger partial charge in [0, 0.05) is 6.20 Å². The first-order chi connectivity index (χ1) is 9.44. The van der Waals surface area contributed by atoms with Crippen LogP contribution in [0.5, 0.6) is 0 Å². The van der Waals surface area contributed by atoms with Gasteiger partial charge in [-0.2, -0.15) is 0 Å². The minimum atomic E-state index is -3.49. The van der Waals surface area contributed by atoms with E-state index >= 15 is 0 Å². The molecule has 0 fully saturated rings. The molecule has 0 aliphatic heterocycles. The highest BCUT2D eigenvalue weighted by molar-refractivity contribution is 9.11. The molecule has 0 bridgehead atoms. The highest BCUT2D eigenvalue weighted by Crippen LogP contribution is 2.30. The van der Waals surface area contributed by atoms with Gasteiger partial charge in [-0.05, 0) is 52.5 Å². The molecule has 0 unspecified atom stereocenters. The van der Waals surface area contributed by atoms with Gasteiger partial charge in [0.1, 0.15) is 4.21 Å². The second-order valence-corrected chi connectivity index (χ2v) is 8.67. The van der Waals surface area contributed by atoms with Crippen LogP contribution in [0.2, 0.25) is 0 Å². The number of aromatic nitrogens is 1. The van der Waals surface area contributed by atoms with Gasteiger partial charge in [-0.3, -0.25) is 4.98 Å². The number of nitrogens with zero attached hydrogens (tertiary/aromatic N) is 1. The Hall–Kier alpha value is -0.760. The second kappa shape index (κ2) is 6.34. The Kier molecular flexibility index (Phi) is 4.95. The average molecular weight is 375 g/mol. The molecule has 108 valence electrons. The van der Waals surface area contributed by atoms with Crippen molar-refractivity contribution in [2.45, 2.75) is 31.0 Å². The predicted octanol–water partition coefficient (Wildman–Crippen LogP) is 3.25. The van der Waals surface area contributed by atoms with E-state index in [-0.39, 0.29) is 6.54 Å². The fourth-order valence-corrected chi connectivity index (χ4v) is 5.01. The van der Waals surface area contributed by atoms with Crippen molar-refractivity contribution in [3.8, 4) is 0 Å². The van der Waals surface area contributed by atoms with E-state index in [1.165, 1.54) is 11.3 Å². The molecule has 0 atom stereocenters. The van der Waals surface area contributed by atoms with Crippen LogP contribution in [-0.2, 0) is 23.0 Å². The molecule has 0 saturated carbocycles. The normalized spacial score (nSPS) is 11.8. The van der Waals surface area contributed by atoms with E-state index in [1.807, 2.05) is 26.0 Å². The van der Waals surface area contributed by atoms with Crippen LogP contribution in [-0.4, -0.2) is 13.4 Å². The van der Waals surface area contributed by atoms with Crippen LogP contribution in [0, 0.1) is 6.92 Å². The molecule has 2 aromatic heterocycles. The third-order valence-corrected chi connectivity index (χ3v) is 6.91. The Labute approximate surface area is 131 Å².